The van der Waals surface area contributed by atoms with Crippen molar-refractivity contribution in [2.75, 3.05) is 0 Å². The van der Waals surface area contributed by atoms with E-state index in [1.165, 1.54) is 6.26 Å². The minimum absolute atomic E-state index is 0.00694. The molecule has 0 saturated carbocycles. The van der Waals surface area contributed by atoms with E-state index in [2.05, 4.69) is 0 Å². The first-order chi connectivity index (χ1) is 5.70. The van der Waals surface area contributed by atoms with Crippen LogP contribution in [0.25, 0.3) is 11.0 Å². The minimum Gasteiger partial charge on any atom is -0.461 e. The summed E-state index contributed by atoms with van der Waals surface area (Å²) in [6, 6.07) is 2.78. The van der Waals surface area contributed by atoms with Crippen molar-refractivity contribution in [3.8, 4) is 0 Å². The summed E-state index contributed by atoms with van der Waals surface area (Å²) < 4.78 is 30.5. The molecule has 0 fully saturated rings. The SMILES string of the molecule is Cc1cc(F)c(F)c2occc12. The Hall–Kier alpha value is -1.38. The molecule has 1 heterocycles. The standard InChI is InChI=1S/C9H6F2O/c1-5-4-7(10)8(11)9-6(5)2-3-12-9/h2-4H,1H3. The van der Waals surface area contributed by atoms with Crippen molar-refractivity contribution in [2.24, 2.45) is 0 Å². The average molecular weight is 168 g/mol. The molecule has 0 N–H and O–H groups in total. The molecule has 2 aromatic rings. The van der Waals surface area contributed by atoms with Crippen LogP contribution in [0.5, 0.6) is 0 Å². The van der Waals surface area contributed by atoms with Crippen LogP contribution in [0.2, 0.25) is 0 Å². The number of rotatable bonds is 0. The van der Waals surface area contributed by atoms with E-state index >= 15 is 0 Å². The summed E-state index contributed by atoms with van der Waals surface area (Å²) in [5.74, 6) is -1.78. The lowest BCUT2D eigenvalue weighted by atomic mass is 10.1. The summed E-state index contributed by atoms with van der Waals surface area (Å²) in [4.78, 5) is 0. The van der Waals surface area contributed by atoms with Gasteiger partial charge >= 0.3 is 0 Å². The molecule has 62 valence electrons. The highest BCUT2D eigenvalue weighted by atomic mass is 19.2. The number of hydrogen-bond acceptors (Lipinski definition) is 1. The number of fused-ring (bicyclic) bond motifs is 1. The van der Waals surface area contributed by atoms with E-state index in [1.54, 1.807) is 13.0 Å². The predicted octanol–water partition coefficient (Wildman–Crippen LogP) is 3.02. The van der Waals surface area contributed by atoms with Crippen molar-refractivity contribution in [2.45, 2.75) is 6.92 Å². The maximum atomic E-state index is 12.9. The molecule has 1 aromatic heterocycles. The van der Waals surface area contributed by atoms with Crippen molar-refractivity contribution >= 4 is 11.0 Å². The Kier molecular flexibility index (Phi) is 1.40. The third-order valence-corrected chi connectivity index (χ3v) is 1.84. The van der Waals surface area contributed by atoms with Gasteiger partial charge in [0.25, 0.3) is 0 Å². The summed E-state index contributed by atoms with van der Waals surface area (Å²) >= 11 is 0. The van der Waals surface area contributed by atoms with Gasteiger partial charge in [-0.25, -0.2) is 4.39 Å². The first-order valence-corrected chi connectivity index (χ1v) is 3.52. The van der Waals surface area contributed by atoms with Crippen LogP contribution in [-0.2, 0) is 0 Å². The topological polar surface area (TPSA) is 13.1 Å². The molecule has 0 radical (unpaired) electrons. The normalized spacial score (nSPS) is 10.9. The fraction of sp³-hybridized carbons (Fsp3) is 0.111. The Bertz CT molecular complexity index is 431. The molecule has 0 aliphatic carbocycles. The summed E-state index contributed by atoms with van der Waals surface area (Å²) in [5.41, 5.74) is 0.671. The van der Waals surface area contributed by atoms with Crippen LogP contribution in [0.1, 0.15) is 5.56 Å². The summed E-state index contributed by atoms with van der Waals surface area (Å²) in [7, 11) is 0. The smallest absolute Gasteiger partial charge is 0.201 e. The molecule has 0 spiro atoms. The van der Waals surface area contributed by atoms with Gasteiger partial charge in [-0.05, 0) is 24.6 Å². The van der Waals surface area contributed by atoms with Gasteiger partial charge in [-0.15, -0.1) is 0 Å². The minimum atomic E-state index is -0.916. The number of benzene rings is 1. The average Bonchev–Trinajstić information content (AvgIpc) is 2.48. The lowest BCUT2D eigenvalue weighted by Crippen LogP contribution is -1.86. The van der Waals surface area contributed by atoms with Crippen LogP contribution >= 0.6 is 0 Å². The number of halogens is 2. The Morgan fingerprint density at radius 2 is 2.08 bits per heavy atom. The van der Waals surface area contributed by atoms with Gasteiger partial charge in [0.2, 0.25) is 5.82 Å². The van der Waals surface area contributed by atoms with Crippen molar-refractivity contribution in [1.29, 1.82) is 0 Å². The van der Waals surface area contributed by atoms with E-state index in [0.29, 0.717) is 10.9 Å². The van der Waals surface area contributed by atoms with Crippen LogP contribution in [0.3, 0.4) is 0 Å². The predicted molar refractivity (Wildman–Crippen MR) is 40.9 cm³/mol. The fourth-order valence-corrected chi connectivity index (χ4v) is 1.23. The zero-order valence-corrected chi connectivity index (χ0v) is 6.40. The molecule has 0 aliphatic heterocycles. The van der Waals surface area contributed by atoms with Gasteiger partial charge in [-0.1, -0.05) is 0 Å². The van der Waals surface area contributed by atoms with Crippen LogP contribution in [0.15, 0.2) is 22.8 Å². The largest absolute Gasteiger partial charge is 0.461 e. The van der Waals surface area contributed by atoms with E-state index in [4.69, 9.17) is 4.42 Å². The molecule has 0 bridgehead atoms. The summed E-state index contributed by atoms with van der Waals surface area (Å²) in [6.45, 7) is 1.71. The van der Waals surface area contributed by atoms with Gasteiger partial charge in [-0.2, -0.15) is 4.39 Å². The zero-order valence-electron chi connectivity index (χ0n) is 6.40. The number of furan rings is 1. The van der Waals surface area contributed by atoms with Gasteiger partial charge in [0.05, 0.1) is 6.26 Å². The Balaban J connectivity index is 2.97. The molecule has 12 heavy (non-hydrogen) atoms. The van der Waals surface area contributed by atoms with Gasteiger partial charge in [0.1, 0.15) is 0 Å². The highest BCUT2D eigenvalue weighted by molar-refractivity contribution is 5.81. The van der Waals surface area contributed by atoms with Gasteiger partial charge < -0.3 is 4.42 Å². The highest BCUT2D eigenvalue weighted by Gasteiger charge is 2.11. The summed E-state index contributed by atoms with van der Waals surface area (Å²) in [5, 5.41) is 0.619. The van der Waals surface area contributed by atoms with Crippen LogP contribution in [0, 0.1) is 18.6 Å². The molecule has 2 rings (SSSR count). The molecule has 3 heteroatoms. The second-order valence-corrected chi connectivity index (χ2v) is 2.65. The summed E-state index contributed by atoms with van der Waals surface area (Å²) in [6.07, 6.45) is 1.35. The van der Waals surface area contributed by atoms with Crippen molar-refractivity contribution in [1.82, 2.24) is 0 Å². The van der Waals surface area contributed by atoms with Gasteiger partial charge in [-0.3, -0.25) is 0 Å². The Morgan fingerprint density at radius 1 is 1.33 bits per heavy atom. The van der Waals surface area contributed by atoms with E-state index in [-0.39, 0.29) is 5.58 Å². The molecule has 0 amide bonds. The Labute approximate surface area is 67.6 Å². The van der Waals surface area contributed by atoms with Gasteiger partial charge in [0.15, 0.2) is 11.4 Å². The lowest BCUT2D eigenvalue weighted by molar-refractivity contribution is 0.491. The van der Waals surface area contributed by atoms with E-state index in [9.17, 15) is 8.78 Å². The third-order valence-electron chi connectivity index (χ3n) is 1.84. The number of hydrogen-bond donors (Lipinski definition) is 0. The van der Waals surface area contributed by atoms with Crippen LogP contribution in [0.4, 0.5) is 8.78 Å². The highest BCUT2D eigenvalue weighted by Crippen LogP contribution is 2.24. The zero-order chi connectivity index (χ0) is 8.72. The molecule has 0 unspecified atom stereocenters. The quantitative estimate of drug-likeness (QED) is 0.589. The van der Waals surface area contributed by atoms with Gasteiger partial charge in [0, 0.05) is 5.39 Å². The molecular weight excluding hydrogens is 162 g/mol. The third kappa shape index (κ3) is 0.826. The second-order valence-electron chi connectivity index (χ2n) is 2.65. The van der Waals surface area contributed by atoms with Crippen molar-refractivity contribution in [3.63, 3.8) is 0 Å². The fourth-order valence-electron chi connectivity index (χ4n) is 1.23. The molecule has 1 nitrogen and oxygen atoms in total. The molecule has 0 saturated heterocycles. The molecular formula is C9H6F2O. The second kappa shape index (κ2) is 2.30. The molecule has 0 aliphatic rings. The maximum Gasteiger partial charge on any atom is 0.201 e. The monoisotopic (exact) mass is 168 g/mol. The van der Waals surface area contributed by atoms with Crippen LogP contribution in [-0.4, -0.2) is 0 Å². The molecule has 0 atom stereocenters. The Morgan fingerprint density at radius 3 is 2.83 bits per heavy atom. The van der Waals surface area contributed by atoms with E-state index in [0.717, 1.165) is 6.07 Å². The van der Waals surface area contributed by atoms with Crippen molar-refractivity contribution in [3.05, 3.63) is 35.6 Å². The van der Waals surface area contributed by atoms with E-state index < -0.39 is 11.6 Å². The molecule has 1 aromatic carbocycles. The lowest BCUT2D eigenvalue weighted by Gasteiger charge is -1.96. The number of aryl methyl sites for hydroxylation is 1. The van der Waals surface area contributed by atoms with Crippen molar-refractivity contribution < 1.29 is 13.2 Å². The van der Waals surface area contributed by atoms with E-state index in [1.807, 2.05) is 0 Å². The first kappa shape index (κ1) is 7.28. The maximum absolute atomic E-state index is 12.9. The van der Waals surface area contributed by atoms with Crippen LogP contribution < -0.4 is 0 Å². The first-order valence-electron chi connectivity index (χ1n) is 3.52.